The third-order valence-corrected chi connectivity index (χ3v) is 3.35. The van der Waals surface area contributed by atoms with Crippen LogP contribution in [0.3, 0.4) is 0 Å². The van der Waals surface area contributed by atoms with Crippen molar-refractivity contribution in [3.63, 3.8) is 0 Å². The Balaban J connectivity index is 2.55. The molecule has 0 aliphatic carbocycles. The fourth-order valence-corrected chi connectivity index (χ4v) is 2.08. The van der Waals surface area contributed by atoms with Crippen molar-refractivity contribution in [1.82, 2.24) is 15.2 Å². The number of rotatable bonds is 12. The Labute approximate surface area is 142 Å². The SMILES string of the molecule is CCC(=O)N(CCCOC)Cc1nc(C(=O)NCCCOC)co1. The van der Waals surface area contributed by atoms with Gasteiger partial charge in [0.05, 0.1) is 6.54 Å². The van der Waals surface area contributed by atoms with Crippen LogP contribution in [0.4, 0.5) is 0 Å². The third-order valence-electron chi connectivity index (χ3n) is 3.35. The van der Waals surface area contributed by atoms with Gasteiger partial charge in [-0.3, -0.25) is 9.59 Å². The first-order valence-corrected chi connectivity index (χ1v) is 8.10. The molecule has 1 aromatic rings. The first-order chi connectivity index (χ1) is 11.6. The van der Waals surface area contributed by atoms with Crippen LogP contribution in [0.1, 0.15) is 42.6 Å². The van der Waals surface area contributed by atoms with E-state index in [1.807, 2.05) is 0 Å². The van der Waals surface area contributed by atoms with Gasteiger partial charge >= 0.3 is 0 Å². The summed E-state index contributed by atoms with van der Waals surface area (Å²) in [5.41, 5.74) is 0.211. The molecule has 0 aliphatic rings. The summed E-state index contributed by atoms with van der Waals surface area (Å²) in [5.74, 6) is 0.0555. The molecule has 0 saturated heterocycles. The van der Waals surface area contributed by atoms with Crippen molar-refractivity contribution in [1.29, 1.82) is 0 Å². The monoisotopic (exact) mass is 341 g/mol. The summed E-state index contributed by atoms with van der Waals surface area (Å²) in [5, 5.41) is 2.74. The van der Waals surface area contributed by atoms with E-state index in [0.717, 1.165) is 12.8 Å². The lowest BCUT2D eigenvalue weighted by molar-refractivity contribution is -0.132. The summed E-state index contributed by atoms with van der Waals surface area (Å²) in [6.07, 6.45) is 3.17. The fraction of sp³-hybridized carbons (Fsp3) is 0.688. The number of hydrogen-bond acceptors (Lipinski definition) is 6. The third kappa shape index (κ3) is 7.10. The van der Waals surface area contributed by atoms with Gasteiger partial charge in [0.15, 0.2) is 5.69 Å². The average molecular weight is 341 g/mol. The number of methoxy groups -OCH3 is 2. The summed E-state index contributed by atoms with van der Waals surface area (Å²) in [4.78, 5) is 29.7. The molecule has 0 fully saturated rings. The van der Waals surface area contributed by atoms with Crippen LogP contribution in [-0.4, -0.2) is 62.2 Å². The molecule has 0 spiro atoms. The number of carbonyl (C=O) groups is 2. The van der Waals surface area contributed by atoms with E-state index in [4.69, 9.17) is 13.9 Å². The van der Waals surface area contributed by atoms with Crippen molar-refractivity contribution in [3.8, 4) is 0 Å². The van der Waals surface area contributed by atoms with Gasteiger partial charge in [-0.05, 0) is 12.8 Å². The number of amides is 2. The first-order valence-electron chi connectivity index (χ1n) is 8.10. The van der Waals surface area contributed by atoms with Gasteiger partial charge in [-0.2, -0.15) is 0 Å². The van der Waals surface area contributed by atoms with Gasteiger partial charge in [-0.15, -0.1) is 0 Å². The zero-order valence-electron chi connectivity index (χ0n) is 14.7. The first kappa shape index (κ1) is 20.1. The predicted octanol–water partition coefficient (Wildman–Crippen LogP) is 1.22. The summed E-state index contributed by atoms with van der Waals surface area (Å²) in [6.45, 7) is 4.27. The zero-order valence-corrected chi connectivity index (χ0v) is 14.7. The maximum absolute atomic E-state index is 12.0. The number of nitrogens with one attached hydrogen (secondary N) is 1. The van der Waals surface area contributed by atoms with Gasteiger partial charge in [0.25, 0.3) is 5.91 Å². The van der Waals surface area contributed by atoms with Gasteiger partial charge in [0, 0.05) is 46.9 Å². The Morgan fingerprint density at radius 1 is 1.25 bits per heavy atom. The molecule has 2 amide bonds. The van der Waals surface area contributed by atoms with Gasteiger partial charge in [0.2, 0.25) is 11.8 Å². The highest BCUT2D eigenvalue weighted by Gasteiger charge is 2.17. The van der Waals surface area contributed by atoms with Crippen molar-refractivity contribution in [3.05, 3.63) is 17.8 Å². The Kier molecular flexibility index (Phi) is 9.71. The van der Waals surface area contributed by atoms with E-state index in [9.17, 15) is 9.59 Å². The van der Waals surface area contributed by atoms with E-state index < -0.39 is 0 Å². The number of nitrogens with zero attached hydrogens (tertiary/aromatic N) is 2. The van der Waals surface area contributed by atoms with Gasteiger partial charge in [-0.1, -0.05) is 6.92 Å². The lowest BCUT2D eigenvalue weighted by Crippen LogP contribution is -2.31. The number of aromatic nitrogens is 1. The molecular formula is C16H27N3O5. The average Bonchev–Trinajstić information content (AvgIpc) is 3.06. The normalized spacial score (nSPS) is 10.6. The van der Waals surface area contributed by atoms with Gasteiger partial charge in [0.1, 0.15) is 6.26 Å². The molecular weight excluding hydrogens is 314 g/mol. The molecule has 0 aliphatic heterocycles. The molecule has 1 N–H and O–H groups in total. The highest BCUT2D eigenvalue weighted by atomic mass is 16.5. The van der Waals surface area contributed by atoms with Crippen molar-refractivity contribution < 1.29 is 23.5 Å². The lowest BCUT2D eigenvalue weighted by atomic mass is 10.3. The summed E-state index contributed by atoms with van der Waals surface area (Å²) in [6, 6.07) is 0. The molecule has 1 aromatic heterocycles. The number of oxazole rings is 1. The maximum Gasteiger partial charge on any atom is 0.273 e. The number of ether oxygens (including phenoxy) is 2. The molecule has 136 valence electrons. The second-order valence-electron chi connectivity index (χ2n) is 5.24. The maximum atomic E-state index is 12.0. The van der Waals surface area contributed by atoms with Gasteiger partial charge in [-0.25, -0.2) is 4.98 Å². The Bertz CT molecular complexity index is 504. The smallest absolute Gasteiger partial charge is 0.273 e. The molecule has 0 saturated carbocycles. The van der Waals surface area contributed by atoms with E-state index in [1.54, 1.807) is 26.0 Å². The predicted molar refractivity (Wildman–Crippen MR) is 87.5 cm³/mol. The molecule has 8 nitrogen and oxygen atoms in total. The second-order valence-corrected chi connectivity index (χ2v) is 5.24. The molecule has 0 radical (unpaired) electrons. The Morgan fingerprint density at radius 2 is 1.96 bits per heavy atom. The quantitative estimate of drug-likeness (QED) is 0.575. The topological polar surface area (TPSA) is 93.9 Å². The number of hydrogen-bond donors (Lipinski definition) is 1. The van der Waals surface area contributed by atoms with Crippen LogP contribution in [0.25, 0.3) is 0 Å². The molecule has 24 heavy (non-hydrogen) atoms. The van der Waals surface area contributed by atoms with Crippen molar-refractivity contribution in [2.75, 3.05) is 40.5 Å². The molecule has 8 heteroatoms. The van der Waals surface area contributed by atoms with E-state index in [-0.39, 0.29) is 24.1 Å². The minimum atomic E-state index is -0.297. The highest BCUT2D eigenvalue weighted by molar-refractivity contribution is 5.91. The van der Waals surface area contributed by atoms with E-state index in [0.29, 0.717) is 38.6 Å². The fourth-order valence-electron chi connectivity index (χ4n) is 2.08. The van der Waals surface area contributed by atoms with Crippen molar-refractivity contribution in [2.45, 2.75) is 32.7 Å². The summed E-state index contributed by atoms with van der Waals surface area (Å²) in [7, 11) is 3.24. The van der Waals surface area contributed by atoms with Crippen LogP contribution in [0.15, 0.2) is 10.7 Å². The largest absolute Gasteiger partial charge is 0.446 e. The Morgan fingerprint density at radius 3 is 2.62 bits per heavy atom. The van der Waals surface area contributed by atoms with Crippen LogP contribution in [0, 0.1) is 0 Å². The summed E-state index contributed by atoms with van der Waals surface area (Å²) < 4.78 is 15.2. The molecule has 0 aromatic carbocycles. The number of carbonyl (C=O) groups excluding carboxylic acids is 2. The second kappa shape index (κ2) is 11.6. The molecule has 1 rings (SSSR count). The highest BCUT2D eigenvalue weighted by Crippen LogP contribution is 2.08. The minimum Gasteiger partial charge on any atom is -0.446 e. The van der Waals surface area contributed by atoms with Crippen LogP contribution in [-0.2, 0) is 20.8 Å². The molecule has 0 unspecified atom stereocenters. The van der Waals surface area contributed by atoms with Crippen LogP contribution >= 0.6 is 0 Å². The lowest BCUT2D eigenvalue weighted by Gasteiger charge is -2.20. The van der Waals surface area contributed by atoms with E-state index >= 15 is 0 Å². The van der Waals surface area contributed by atoms with E-state index in [2.05, 4.69) is 10.3 Å². The van der Waals surface area contributed by atoms with Crippen molar-refractivity contribution >= 4 is 11.8 Å². The summed E-state index contributed by atoms with van der Waals surface area (Å²) >= 11 is 0. The van der Waals surface area contributed by atoms with Crippen LogP contribution in [0.2, 0.25) is 0 Å². The van der Waals surface area contributed by atoms with Crippen molar-refractivity contribution in [2.24, 2.45) is 0 Å². The standard InChI is InChI=1S/C16H27N3O5/c1-4-15(20)19(8-6-10-23-3)11-14-18-13(12-24-14)16(21)17-7-5-9-22-2/h12H,4-11H2,1-3H3,(H,17,21). The molecule has 1 heterocycles. The zero-order chi connectivity index (χ0) is 17.8. The Hall–Kier alpha value is -1.93. The van der Waals surface area contributed by atoms with Crippen LogP contribution < -0.4 is 5.32 Å². The minimum absolute atomic E-state index is 0.00914. The van der Waals surface area contributed by atoms with Crippen LogP contribution in [0.5, 0.6) is 0 Å². The van der Waals surface area contributed by atoms with E-state index in [1.165, 1.54) is 6.26 Å². The van der Waals surface area contributed by atoms with Gasteiger partial charge < -0.3 is 24.1 Å². The molecule has 0 bridgehead atoms. The molecule has 0 atom stereocenters.